The van der Waals surface area contributed by atoms with Crippen molar-refractivity contribution in [2.75, 3.05) is 5.32 Å². The Hall–Kier alpha value is -3.29. The summed E-state index contributed by atoms with van der Waals surface area (Å²) in [5.41, 5.74) is 3.19. The Morgan fingerprint density at radius 2 is 2.00 bits per heavy atom. The van der Waals surface area contributed by atoms with Gasteiger partial charge in [-0.15, -0.1) is 0 Å². The molecule has 0 bridgehead atoms. The van der Waals surface area contributed by atoms with E-state index in [0.717, 1.165) is 36.3 Å². The van der Waals surface area contributed by atoms with Crippen molar-refractivity contribution < 1.29 is 9.18 Å². The van der Waals surface area contributed by atoms with Crippen molar-refractivity contribution in [3.8, 4) is 5.95 Å². The van der Waals surface area contributed by atoms with Crippen LogP contribution < -0.4 is 10.9 Å². The fourth-order valence-electron chi connectivity index (χ4n) is 3.72. The van der Waals surface area contributed by atoms with E-state index in [-0.39, 0.29) is 12.1 Å². The molecule has 1 aromatic carbocycles. The van der Waals surface area contributed by atoms with E-state index in [4.69, 9.17) is 4.98 Å². The van der Waals surface area contributed by atoms with Crippen LogP contribution in [0.5, 0.6) is 0 Å². The monoisotopic (exact) mass is 395 g/mol. The highest BCUT2D eigenvalue weighted by Crippen LogP contribution is 2.19. The lowest BCUT2D eigenvalue weighted by Gasteiger charge is -2.20. The molecule has 0 saturated heterocycles. The Kier molecular flexibility index (Phi) is 5.00. The Labute approximate surface area is 167 Å². The van der Waals surface area contributed by atoms with Gasteiger partial charge in [-0.25, -0.2) is 14.1 Å². The zero-order chi connectivity index (χ0) is 20.5. The predicted molar refractivity (Wildman–Crippen MR) is 107 cm³/mol. The maximum absolute atomic E-state index is 13.4. The summed E-state index contributed by atoms with van der Waals surface area (Å²) in [4.78, 5) is 30.6. The van der Waals surface area contributed by atoms with E-state index in [1.165, 1.54) is 22.8 Å². The van der Waals surface area contributed by atoms with Crippen LogP contribution in [0.2, 0.25) is 0 Å². The number of halogens is 1. The molecule has 0 radical (unpaired) electrons. The smallest absolute Gasteiger partial charge is 0.258 e. The van der Waals surface area contributed by atoms with Crippen molar-refractivity contribution in [1.29, 1.82) is 0 Å². The van der Waals surface area contributed by atoms with Gasteiger partial charge in [-0.2, -0.15) is 5.10 Å². The maximum atomic E-state index is 13.4. The standard InChI is InChI=1S/C21H22FN5O2/c1-13-10-14(2)27(25-13)21-24-18-9-4-3-8-17(18)20(29)26(21)12-19(28)23-16-7-5-6-15(22)11-16/h5-7,10-11H,3-4,8-9,12H2,1-2H3,(H,23,28). The first-order chi connectivity index (χ1) is 13.9. The SMILES string of the molecule is Cc1cc(C)n(-c2nc3c(c(=O)n2CC(=O)Nc2cccc(F)c2)CCCC3)n1. The van der Waals surface area contributed by atoms with E-state index < -0.39 is 11.7 Å². The van der Waals surface area contributed by atoms with Gasteiger partial charge in [-0.1, -0.05) is 6.07 Å². The maximum Gasteiger partial charge on any atom is 0.258 e. The molecular formula is C21H22FN5O2. The van der Waals surface area contributed by atoms with Gasteiger partial charge < -0.3 is 5.32 Å². The fourth-order valence-corrected chi connectivity index (χ4v) is 3.72. The zero-order valence-electron chi connectivity index (χ0n) is 16.4. The van der Waals surface area contributed by atoms with Crippen molar-refractivity contribution >= 4 is 11.6 Å². The number of amides is 1. The topological polar surface area (TPSA) is 81.8 Å². The Balaban J connectivity index is 1.75. The lowest BCUT2D eigenvalue weighted by atomic mass is 9.97. The van der Waals surface area contributed by atoms with Gasteiger partial charge in [0, 0.05) is 16.9 Å². The Morgan fingerprint density at radius 3 is 2.72 bits per heavy atom. The lowest BCUT2D eigenvalue weighted by molar-refractivity contribution is -0.116. The van der Waals surface area contributed by atoms with Crippen LogP contribution in [0, 0.1) is 19.7 Å². The second kappa shape index (κ2) is 7.62. The molecule has 2 heterocycles. The third-order valence-corrected chi connectivity index (χ3v) is 5.03. The summed E-state index contributed by atoms with van der Waals surface area (Å²) >= 11 is 0. The number of carbonyl (C=O) groups is 1. The minimum absolute atomic E-state index is 0.216. The van der Waals surface area contributed by atoms with E-state index in [1.54, 1.807) is 10.7 Å². The highest BCUT2D eigenvalue weighted by molar-refractivity contribution is 5.90. The van der Waals surface area contributed by atoms with E-state index in [1.807, 2.05) is 19.9 Å². The van der Waals surface area contributed by atoms with Gasteiger partial charge in [0.25, 0.3) is 5.56 Å². The van der Waals surface area contributed by atoms with Crippen LogP contribution in [0.1, 0.15) is 35.5 Å². The summed E-state index contributed by atoms with van der Waals surface area (Å²) in [6.45, 7) is 3.51. The first kappa shape index (κ1) is 19.0. The average molecular weight is 395 g/mol. The number of aromatic nitrogens is 4. The second-order valence-electron chi connectivity index (χ2n) is 7.33. The van der Waals surface area contributed by atoms with Gasteiger partial charge in [-0.3, -0.25) is 14.2 Å². The quantitative estimate of drug-likeness (QED) is 0.736. The molecule has 0 saturated carbocycles. The van der Waals surface area contributed by atoms with Gasteiger partial charge in [0.1, 0.15) is 12.4 Å². The molecule has 0 unspecified atom stereocenters. The summed E-state index contributed by atoms with van der Waals surface area (Å²) in [5.74, 6) is -0.549. The summed E-state index contributed by atoms with van der Waals surface area (Å²) < 4.78 is 16.4. The van der Waals surface area contributed by atoms with Gasteiger partial charge in [-0.05, 0) is 63.8 Å². The number of fused-ring (bicyclic) bond motifs is 1. The zero-order valence-corrected chi connectivity index (χ0v) is 16.4. The molecular weight excluding hydrogens is 373 g/mol. The molecule has 0 atom stereocenters. The first-order valence-electron chi connectivity index (χ1n) is 9.64. The van der Waals surface area contributed by atoms with E-state index in [9.17, 15) is 14.0 Å². The van der Waals surface area contributed by atoms with Crippen molar-refractivity contribution in [2.45, 2.75) is 46.1 Å². The molecule has 8 heteroatoms. The number of nitrogens with one attached hydrogen (secondary N) is 1. The van der Waals surface area contributed by atoms with Crippen LogP contribution in [0.3, 0.4) is 0 Å². The minimum Gasteiger partial charge on any atom is -0.324 e. The third kappa shape index (κ3) is 3.83. The summed E-state index contributed by atoms with van der Waals surface area (Å²) in [5, 5.41) is 7.09. The van der Waals surface area contributed by atoms with E-state index in [2.05, 4.69) is 10.4 Å². The van der Waals surface area contributed by atoms with Gasteiger partial charge in [0.15, 0.2) is 0 Å². The van der Waals surface area contributed by atoms with Crippen LogP contribution in [0.4, 0.5) is 10.1 Å². The second-order valence-corrected chi connectivity index (χ2v) is 7.33. The summed E-state index contributed by atoms with van der Waals surface area (Å²) in [6.07, 6.45) is 3.32. The van der Waals surface area contributed by atoms with Crippen LogP contribution in [0.15, 0.2) is 35.1 Å². The van der Waals surface area contributed by atoms with E-state index in [0.29, 0.717) is 23.6 Å². The normalized spacial score (nSPS) is 13.2. The van der Waals surface area contributed by atoms with Crippen molar-refractivity contribution in [2.24, 2.45) is 0 Å². The summed E-state index contributed by atoms with van der Waals surface area (Å²) in [7, 11) is 0. The number of rotatable bonds is 4. The highest BCUT2D eigenvalue weighted by Gasteiger charge is 2.22. The number of nitrogens with zero attached hydrogens (tertiary/aromatic N) is 4. The number of benzene rings is 1. The minimum atomic E-state index is -0.446. The van der Waals surface area contributed by atoms with Gasteiger partial charge >= 0.3 is 0 Å². The average Bonchev–Trinajstić information content (AvgIpc) is 3.02. The molecule has 1 N–H and O–H groups in total. The Morgan fingerprint density at radius 1 is 1.21 bits per heavy atom. The molecule has 3 aromatic rings. The molecule has 29 heavy (non-hydrogen) atoms. The molecule has 7 nitrogen and oxygen atoms in total. The highest BCUT2D eigenvalue weighted by atomic mass is 19.1. The van der Waals surface area contributed by atoms with Crippen molar-refractivity contribution in [3.05, 3.63) is 69.1 Å². The van der Waals surface area contributed by atoms with Crippen LogP contribution >= 0.6 is 0 Å². The van der Waals surface area contributed by atoms with Crippen molar-refractivity contribution in [3.63, 3.8) is 0 Å². The number of hydrogen-bond acceptors (Lipinski definition) is 4. The van der Waals surface area contributed by atoms with E-state index >= 15 is 0 Å². The molecule has 2 aromatic heterocycles. The molecule has 0 aliphatic heterocycles. The van der Waals surface area contributed by atoms with Crippen LogP contribution in [-0.4, -0.2) is 25.2 Å². The largest absolute Gasteiger partial charge is 0.324 e. The molecule has 1 aliphatic carbocycles. The predicted octanol–water partition coefficient (Wildman–Crippen LogP) is 2.70. The number of aryl methyl sites for hydroxylation is 3. The van der Waals surface area contributed by atoms with Crippen LogP contribution in [-0.2, 0) is 24.2 Å². The fraction of sp³-hybridized carbons (Fsp3) is 0.333. The molecule has 150 valence electrons. The Bertz CT molecular complexity index is 1150. The molecule has 1 aliphatic rings. The lowest BCUT2D eigenvalue weighted by Crippen LogP contribution is -2.35. The molecule has 0 spiro atoms. The number of hydrogen-bond donors (Lipinski definition) is 1. The summed E-state index contributed by atoms with van der Waals surface area (Å²) in [6, 6.07) is 7.53. The number of anilines is 1. The van der Waals surface area contributed by atoms with Crippen molar-refractivity contribution in [1.82, 2.24) is 19.3 Å². The third-order valence-electron chi connectivity index (χ3n) is 5.03. The van der Waals surface area contributed by atoms with Gasteiger partial charge in [0.2, 0.25) is 11.9 Å². The van der Waals surface area contributed by atoms with Gasteiger partial charge in [0.05, 0.1) is 11.4 Å². The number of carbonyl (C=O) groups excluding carboxylic acids is 1. The molecule has 1 amide bonds. The molecule has 4 rings (SSSR count). The molecule has 0 fully saturated rings. The first-order valence-corrected chi connectivity index (χ1v) is 9.64. The van der Waals surface area contributed by atoms with Crippen LogP contribution in [0.25, 0.3) is 5.95 Å².